The summed E-state index contributed by atoms with van der Waals surface area (Å²) in [4.78, 5) is 38.3. The Morgan fingerprint density at radius 3 is 2.57 bits per heavy atom. The molecule has 0 fully saturated rings. The molecule has 2 rings (SSSR count). The number of aromatic nitrogens is 1. The first kappa shape index (κ1) is 14.7. The fourth-order valence-corrected chi connectivity index (χ4v) is 2.32. The van der Waals surface area contributed by atoms with Gasteiger partial charge < -0.3 is 16.2 Å². The van der Waals surface area contributed by atoms with E-state index in [-0.39, 0.29) is 11.4 Å². The molecule has 2 heterocycles. The molecule has 2 aromatic heterocycles. The number of aliphatic carboxylic acids is 1. The topological polar surface area (TPSA) is 122 Å². The van der Waals surface area contributed by atoms with E-state index in [1.54, 1.807) is 0 Å². The van der Waals surface area contributed by atoms with Crippen molar-refractivity contribution in [1.29, 1.82) is 0 Å². The van der Waals surface area contributed by atoms with Crippen molar-refractivity contribution in [3.8, 4) is 10.4 Å². The fraction of sp³-hybridized carbons (Fsp3) is 0.0769. The highest BCUT2D eigenvalue weighted by Gasteiger charge is 2.15. The summed E-state index contributed by atoms with van der Waals surface area (Å²) < 4.78 is 0. The van der Waals surface area contributed by atoms with E-state index in [1.807, 2.05) is 17.5 Å². The number of hydrogen-bond donors (Lipinski definition) is 3. The summed E-state index contributed by atoms with van der Waals surface area (Å²) in [5.74, 6) is -2.62. The molecule has 0 atom stereocenters. The predicted molar refractivity (Wildman–Crippen MR) is 76.0 cm³/mol. The Kier molecular flexibility index (Phi) is 4.29. The molecule has 0 spiro atoms. The van der Waals surface area contributed by atoms with Crippen molar-refractivity contribution in [1.82, 2.24) is 10.3 Å². The fourth-order valence-electron chi connectivity index (χ4n) is 1.60. The van der Waals surface area contributed by atoms with Gasteiger partial charge >= 0.3 is 5.97 Å². The van der Waals surface area contributed by atoms with Crippen LogP contribution in [0.3, 0.4) is 0 Å². The molecule has 0 unspecified atom stereocenters. The van der Waals surface area contributed by atoms with Crippen molar-refractivity contribution in [2.24, 2.45) is 5.73 Å². The summed E-state index contributed by atoms with van der Waals surface area (Å²) in [6.07, 6.45) is 0. The summed E-state index contributed by atoms with van der Waals surface area (Å²) in [5.41, 5.74) is 5.71. The van der Waals surface area contributed by atoms with Crippen LogP contribution in [0.4, 0.5) is 0 Å². The van der Waals surface area contributed by atoms with Gasteiger partial charge in [-0.25, -0.2) is 4.98 Å². The normalized spacial score (nSPS) is 10.1. The standard InChI is InChI=1S/C13H11N3O4S/c14-12(19)8-4-7(10-2-1-3-21-10)5-9(16-8)13(20)15-6-11(17)18/h1-5H,6H2,(H2,14,19)(H,15,20)(H,17,18). The van der Waals surface area contributed by atoms with E-state index in [1.165, 1.54) is 23.5 Å². The third-order valence-corrected chi connectivity index (χ3v) is 3.44. The first-order valence-electron chi connectivity index (χ1n) is 5.83. The summed E-state index contributed by atoms with van der Waals surface area (Å²) in [7, 11) is 0. The zero-order chi connectivity index (χ0) is 15.4. The first-order chi connectivity index (χ1) is 9.97. The van der Waals surface area contributed by atoms with Gasteiger partial charge in [0, 0.05) is 4.88 Å². The van der Waals surface area contributed by atoms with Gasteiger partial charge in [-0.05, 0) is 29.1 Å². The molecule has 108 valence electrons. The Labute approximate surface area is 123 Å². The number of amides is 2. The number of thiophene rings is 1. The lowest BCUT2D eigenvalue weighted by atomic mass is 10.1. The van der Waals surface area contributed by atoms with Crippen molar-refractivity contribution < 1.29 is 19.5 Å². The smallest absolute Gasteiger partial charge is 0.322 e. The van der Waals surface area contributed by atoms with E-state index < -0.39 is 24.3 Å². The largest absolute Gasteiger partial charge is 0.480 e. The number of nitrogens with one attached hydrogen (secondary N) is 1. The zero-order valence-corrected chi connectivity index (χ0v) is 11.5. The van der Waals surface area contributed by atoms with Gasteiger partial charge in [0.1, 0.15) is 17.9 Å². The van der Waals surface area contributed by atoms with Crippen molar-refractivity contribution in [3.05, 3.63) is 41.0 Å². The van der Waals surface area contributed by atoms with Gasteiger partial charge in [0.25, 0.3) is 11.8 Å². The lowest BCUT2D eigenvalue weighted by molar-refractivity contribution is -0.135. The third-order valence-electron chi connectivity index (χ3n) is 2.52. The minimum absolute atomic E-state index is 0.0543. The number of carbonyl (C=O) groups excluding carboxylic acids is 2. The second kappa shape index (κ2) is 6.14. The van der Waals surface area contributed by atoms with E-state index in [9.17, 15) is 14.4 Å². The Bertz CT molecular complexity index is 697. The molecule has 0 aliphatic rings. The molecule has 21 heavy (non-hydrogen) atoms. The molecule has 0 aliphatic carbocycles. The summed E-state index contributed by atoms with van der Waals surface area (Å²) >= 11 is 1.43. The minimum atomic E-state index is -1.17. The molecule has 0 saturated carbocycles. The van der Waals surface area contributed by atoms with Gasteiger partial charge in [-0.3, -0.25) is 14.4 Å². The molecule has 0 bridgehead atoms. The second-order valence-corrected chi connectivity index (χ2v) is 4.99. The summed E-state index contributed by atoms with van der Waals surface area (Å²) in [6.45, 7) is -0.532. The highest BCUT2D eigenvalue weighted by atomic mass is 32.1. The van der Waals surface area contributed by atoms with E-state index in [2.05, 4.69) is 10.3 Å². The molecular formula is C13H11N3O4S. The van der Waals surface area contributed by atoms with Crippen LogP contribution in [0.5, 0.6) is 0 Å². The number of nitrogens with two attached hydrogens (primary N) is 1. The van der Waals surface area contributed by atoms with E-state index in [4.69, 9.17) is 10.8 Å². The lowest BCUT2D eigenvalue weighted by Gasteiger charge is -2.06. The van der Waals surface area contributed by atoms with Gasteiger partial charge in [-0.1, -0.05) is 6.07 Å². The quantitative estimate of drug-likeness (QED) is 0.751. The number of pyridine rings is 1. The highest BCUT2D eigenvalue weighted by molar-refractivity contribution is 7.13. The van der Waals surface area contributed by atoms with Gasteiger partial charge in [-0.2, -0.15) is 0 Å². The Morgan fingerprint density at radius 2 is 2.00 bits per heavy atom. The molecule has 8 heteroatoms. The number of hydrogen-bond acceptors (Lipinski definition) is 5. The Morgan fingerprint density at radius 1 is 1.29 bits per heavy atom. The van der Waals surface area contributed by atoms with Crippen LogP contribution in [-0.4, -0.2) is 34.4 Å². The minimum Gasteiger partial charge on any atom is -0.480 e. The molecule has 7 nitrogen and oxygen atoms in total. The van der Waals surface area contributed by atoms with Crippen LogP contribution in [0.15, 0.2) is 29.6 Å². The third kappa shape index (κ3) is 3.63. The number of carboxylic acid groups (broad SMARTS) is 1. The molecule has 2 aromatic rings. The average molecular weight is 305 g/mol. The molecule has 4 N–H and O–H groups in total. The van der Waals surface area contributed by atoms with Crippen LogP contribution in [-0.2, 0) is 4.79 Å². The number of primary amides is 1. The van der Waals surface area contributed by atoms with Crippen molar-refractivity contribution in [2.75, 3.05) is 6.54 Å². The van der Waals surface area contributed by atoms with Gasteiger partial charge in [0.2, 0.25) is 0 Å². The molecule has 0 aromatic carbocycles. The molecular weight excluding hydrogens is 294 g/mol. The maximum atomic E-state index is 11.9. The van der Waals surface area contributed by atoms with Gasteiger partial charge in [0.05, 0.1) is 0 Å². The van der Waals surface area contributed by atoms with Crippen LogP contribution < -0.4 is 11.1 Å². The van der Waals surface area contributed by atoms with E-state index >= 15 is 0 Å². The lowest BCUT2D eigenvalue weighted by Crippen LogP contribution is -2.30. The van der Waals surface area contributed by atoms with Gasteiger partial charge in [-0.15, -0.1) is 11.3 Å². The monoisotopic (exact) mass is 305 g/mol. The number of nitrogens with zero attached hydrogens (tertiary/aromatic N) is 1. The van der Waals surface area contributed by atoms with Crippen LogP contribution in [0.1, 0.15) is 21.0 Å². The van der Waals surface area contributed by atoms with Crippen LogP contribution >= 0.6 is 11.3 Å². The van der Waals surface area contributed by atoms with Crippen molar-refractivity contribution >= 4 is 29.1 Å². The molecule has 0 aliphatic heterocycles. The van der Waals surface area contributed by atoms with Gasteiger partial charge in [0.15, 0.2) is 0 Å². The Hall–Kier alpha value is -2.74. The maximum absolute atomic E-state index is 11.9. The Balaban J connectivity index is 2.39. The predicted octanol–water partition coefficient (Wildman–Crippen LogP) is 0.723. The molecule has 2 amide bonds. The SMILES string of the molecule is NC(=O)c1cc(-c2cccs2)cc(C(=O)NCC(=O)O)n1. The van der Waals surface area contributed by atoms with Crippen LogP contribution in [0.2, 0.25) is 0 Å². The van der Waals surface area contributed by atoms with Crippen LogP contribution in [0, 0.1) is 0 Å². The number of carboxylic acids is 1. The number of rotatable bonds is 5. The highest BCUT2D eigenvalue weighted by Crippen LogP contribution is 2.25. The molecule has 0 radical (unpaired) electrons. The summed E-state index contributed by atoms with van der Waals surface area (Å²) in [6, 6.07) is 6.62. The average Bonchev–Trinajstić information content (AvgIpc) is 2.98. The summed E-state index contributed by atoms with van der Waals surface area (Å²) in [5, 5.41) is 12.6. The maximum Gasteiger partial charge on any atom is 0.322 e. The second-order valence-electron chi connectivity index (χ2n) is 4.04. The zero-order valence-electron chi connectivity index (χ0n) is 10.7. The van der Waals surface area contributed by atoms with E-state index in [0.29, 0.717) is 5.56 Å². The molecule has 0 saturated heterocycles. The first-order valence-corrected chi connectivity index (χ1v) is 6.71. The van der Waals surface area contributed by atoms with Crippen molar-refractivity contribution in [2.45, 2.75) is 0 Å². The van der Waals surface area contributed by atoms with E-state index in [0.717, 1.165) is 4.88 Å². The number of carbonyl (C=O) groups is 3. The van der Waals surface area contributed by atoms with Crippen molar-refractivity contribution in [3.63, 3.8) is 0 Å². The van der Waals surface area contributed by atoms with Crippen LogP contribution in [0.25, 0.3) is 10.4 Å².